The first-order valence-electron chi connectivity index (χ1n) is 11.4. The lowest BCUT2D eigenvalue weighted by Crippen LogP contribution is -2.44. The second kappa shape index (κ2) is 9.07. The number of benzene rings is 2. The van der Waals surface area contributed by atoms with E-state index in [-0.39, 0.29) is 23.4 Å². The molecule has 1 unspecified atom stereocenters. The number of carbonyl (C=O) groups excluding carboxylic acids is 1. The highest BCUT2D eigenvalue weighted by molar-refractivity contribution is 6.30. The molecule has 3 aromatic rings. The maximum atomic E-state index is 13.7. The number of nitrogens with zero attached hydrogens (tertiary/aromatic N) is 3. The molecule has 5 nitrogen and oxygen atoms in total. The van der Waals surface area contributed by atoms with Crippen molar-refractivity contribution in [1.82, 2.24) is 14.5 Å². The van der Waals surface area contributed by atoms with E-state index in [9.17, 15) is 9.59 Å². The maximum absolute atomic E-state index is 13.7. The first-order valence-corrected chi connectivity index (χ1v) is 11.7. The van der Waals surface area contributed by atoms with E-state index in [0.717, 1.165) is 30.5 Å². The molecule has 1 saturated carbocycles. The minimum Gasteiger partial charge on any atom is -0.332 e. The SMILES string of the molecule is Cc1cc(Cl)ccc1-n1c(C(C)N(CC(C)C)C(=O)C2CCC2)nc2ccccc2c1=O. The average Bonchev–Trinajstić information content (AvgIpc) is 2.71. The van der Waals surface area contributed by atoms with E-state index in [4.69, 9.17) is 16.6 Å². The highest BCUT2D eigenvalue weighted by Gasteiger charge is 2.34. The van der Waals surface area contributed by atoms with Crippen LogP contribution in [0.3, 0.4) is 0 Å². The maximum Gasteiger partial charge on any atom is 0.266 e. The van der Waals surface area contributed by atoms with Gasteiger partial charge in [-0.05, 0) is 68.5 Å². The van der Waals surface area contributed by atoms with Crippen molar-refractivity contribution in [3.8, 4) is 5.69 Å². The number of para-hydroxylation sites is 1. The zero-order valence-corrected chi connectivity index (χ0v) is 19.9. The molecule has 4 rings (SSSR count). The van der Waals surface area contributed by atoms with Crippen molar-refractivity contribution < 1.29 is 4.79 Å². The molecule has 168 valence electrons. The fourth-order valence-electron chi connectivity index (χ4n) is 4.39. The Bertz CT molecular complexity index is 1210. The van der Waals surface area contributed by atoms with Crippen LogP contribution in [0.4, 0.5) is 0 Å². The number of carbonyl (C=O) groups is 1. The fraction of sp³-hybridized carbons (Fsp3) is 0.423. The van der Waals surface area contributed by atoms with Gasteiger partial charge >= 0.3 is 0 Å². The summed E-state index contributed by atoms with van der Waals surface area (Å²) in [6, 6.07) is 12.5. The van der Waals surface area contributed by atoms with Crippen molar-refractivity contribution in [2.24, 2.45) is 11.8 Å². The van der Waals surface area contributed by atoms with Gasteiger partial charge in [-0.25, -0.2) is 4.98 Å². The highest BCUT2D eigenvalue weighted by atomic mass is 35.5. The molecule has 1 aliphatic carbocycles. The van der Waals surface area contributed by atoms with E-state index < -0.39 is 0 Å². The highest BCUT2D eigenvalue weighted by Crippen LogP contribution is 2.33. The van der Waals surface area contributed by atoms with Crippen LogP contribution >= 0.6 is 11.6 Å². The van der Waals surface area contributed by atoms with Gasteiger partial charge in [0.1, 0.15) is 5.82 Å². The summed E-state index contributed by atoms with van der Waals surface area (Å²) in [7, 11) is 0. The molecule has 0 radical (unpaired) electrons. The van der Waals surface area contributed by atoms with Gasteiger partial charge in [-0.3, -0.25) is 14.2 Å². The van der Waals surface area contributed by atoms with E-state index in [0.29, 0.717) is 34.2 Å². The molecule has 1 aromatic heterocycles. The van der Waals surface area contributed by atoms with E-state index in [1.165, 1.54) is 0 Å². The Kier molecular flexibility index (Phi) is 6.38. The Morgan fingerprint density at radius 1 is 1.19 bits per heavy atom. The zero-order chi connectivity index (χ0) is 23.0. The molecule has 0 spiro atoms. The van der Waals surface area contributed by atoms with Crippen molar-refractivity contribution >= 4 is 28.4 Å². The second-order valence-electron chi connectivity index (χ2n) is 9.25. The Balaban J connectivity index is 1.93. The van der Waals surface area contributed by atoms with Crippen molar-refractivity contribution in [2.75, 3.05) is 6.54 Å². The third-order valence-electron chi connectivity index (χ3n) is 6.34. The average molecular weight is 452 g/mol. The summed E-state index contributed by atoms with van der Waals surface area (Å²) in [5, 5.41) is 1.17. The van der Waals surface area contributed by atoms with Crippen LogP contribution in [0.15, 0.2) is 47.3 Å². The summed E-state index contributed by atoms with van der Waals surface area (Å²) in [6.07, 6.45) is 2.98. The molecule has 2 aromatic carbocycles. The quantitative estimate of drug-likeness (QED) is 0.483. The summed E-state index contributed by atoms with van der Waals surface area (Å²) in [4.78, 5) is 33.9. The zero-order valence-electron chi connectivity index (χ0n) is 19.1. The van der Waals surface area contributed by atoms with Crippen LogP contribution in [0.1, 0.15) is 57.5 Å². The molecule has 6 heteroatoms. The molecular weight excluding hydrogens is 422 g/mol. The minimum absolute atomic E-state index is 0.0779. The molecule has 0 bridgehead atoms. The van der Waals surface area contributed by atoms with Gasteiger partial charge < -0.3 is 4.90 Å². The largest absolute Gasteiger partial charge is 0.332 e. The van der Waals surface area contributed by atoms with Crippen molar-refractivity contribution in [2.45, 2.75) is 53.0 Å². The molecule has 1 amide bonds. The van der Waals surface area contributed by atoms with Crippen LogP contribution in [0.25, 0.3) is 16.6 Å². The molecule has 1 aliphatic rings. The van der Waals surface area contributed by atoms with E-state index in [1.54, 1.807) is 16.7 Å². The second-order valence-corrected chi connectivity index (χ2v) is 9.68. The van der Waals surface area contributed by atoms with Crippen LogP contribution < -0.4 is 5.56 Å². The van der Waals surface area contributed by atoms with Gasteiger partial charge in [0.15, 0.2) is 0 Å². The van der Waals surface area contributed by atoms with Crippen LogP contribution in [0, 0.1) is 18.8 Å². The van der Waals surface area contributed by atoms with Crippen LogP contribution in [-0.4, -0.2) is 26.9 Å². The molecule has 1 fully saturated rings. The fourth-order valence-corrected chi connectivity index (χ4v) is 4.62. The topological polar surface area (TPSA) is 55.2 Å². The number of halogens is 1. The van der Waals surface area contributed by atoms with E-state index in [1.807, 2.05) is 49.1 Å². The lowest BCUT2D eigenvalue weighted by Gasteiger charge is -2.37. The lowest BCUT2D eigenvalue weighted by atomic mass is 9.84. The van der Waals surface area contributed by atoms with Crippen LogP contribution in [-0.2, 0) is 4.79 Å². The number of rotatable bonds is 6. The number of hydrogen-bond acceptors (Lipinski definition) is 3. The van der Waals surface area contributed by atoms with Crippen molar-refractivity contribution in [3.05, 3.63) is 69.2 Å². The Morgan fingerprint density at radius 3 is 2.53 bits per heavy atom. The Hall–Kier alpha value is -2.66. The van der Waals surface area contributed by atoms with Gasteiger partial charge in [-0.2, -0.15) is 0 Å². The number of hydrogen-bond donors (Lipinski definition) is 0. The number of aromatic nitrogens is 2. The van der Waals surface area contributed by atoms with Gasteiger partial charge in [0.25, 0.3) is 5.56 Å². The predicted octanol–water partition coefficient (Wildman–Crippen LogP) is 5.69. The first-order chi connectivity index (χ1) is 15.3. The van der Waals surface area contributed by atoms with Gasteiger partial charge in [0.2, 0.25) is 5.91 Å². The van der Waals surface area contributed by atoms with Crippen molar-refractivity contribution in [3.63, 3.8) is 0 Å². The molecule has 1 atom stereocenters. The van der Waals surface area contributed by atoms with Crippen LogP contribution in [0.2, 0.25) is 5.02 Å². The van der Waals surface area contributed by atoms with Crippen molar-refractivity contribution in [1.29, 1.82) is 0 Å². The standard InChI is InChI=1S/C26H30ClN3O2/c1-16(2)15-29(25(31)19-8-7-9-19)18(4)24-28-22-11-6-5-10-21(22)26(32)30(24)23-13-12-20(27)14-17(23)3/h5-6,10-14,16,18-19H,7-9,15H2,1-4H3. The smallest absolute Gasteiger partial charge is 0.266 e. The summed E-state index contributed by atoms with van der Waals surface area (Å²) < 4.78 is 1.67. The number of fused-ring (bicyclic) bond motifs is 1. The Morgan fingerprint density at radius 2 is 1.91 bits per heavy atom. The van der Waals surface area contributed by atoms with Gasteiger partial charge in [0.05, 0.1) is 22.6 Å². The normalized spacial score (nSPS) is 15.1. The molecule has 0 saturated heterocycles. The van der Waals surface area contributed by atoms with E-state index in [2.05, 4.69) is 13.8 Å². The molecule has 0 aliphatic heterocycles. The number of amides is 1. The summed E-state index contributed by atoms with van der Waals surface area (Å²) in [5.41, 5.74) is 2.12. The summed E-state index contributed by atoms with van der Waals surface area (Å²) in [6.45, 7) is 8.76. The monoisotopic (exact) mass is 451 g/mol. The van der Waals surface area contributed by atoms with Gasteiger partial charge in [0, 0.05) is 17.5 Å². The lowest BCUT2D eigenvalue weighted by molar-refractivity contribution is -0.141. The third kappa shape index (κ3) is 4.18. The summed E-state index contributed by atoms with van der Waals surface area (Å²) in [5.74, 6) is 1.13. The molecular formula is C26H30ClN3O2. The summed E-state index contributed by atoms with van der Waals surface area (Å²) >= 11 is 6.19. The molecule has 0 N–H and O–H groups in total. The van der Waals surface area contributed by atoms with E-state index >= 15 is 0 Å². The van der Waals surface area contributed by atoms with Gasteiger partial charge in [-0.15, -0.1) is 0 Å². The van der Waals surface area contributed by atoms with Gasteiger partial charge in [-0.1, -0.05) is 44.0 Å². The molecule has 1 heterocycles. The predicted molar refractivity (Wildman–Crippen MR) is 129 cm³/mol. The first kappa shape index (κ1) is 22.5. The van der Waals surface area contributed by atoms with Crippen LogP contribution in [0.5, 0.6) is 0 Å². The Labute approximate surface area is 194 Å². The minimum atomic E-state index is -0.349. The molecule has 32 heavy (non-hydrogen) atoms. The number of aryl methyl sites for hydroxylation is 1. The third-order valence-corrected chi connectivity index (χ3v) is 6.58.